The van der Waals surface area contributed by atoms with Crippen LogP contribution in [0.4, 0.5) is 0 Å². The van der Waals surface area contributed by atoms with Crippen molar-refractivity contribution in [2.24, 2.45) is 0 Å². The number of aryl methyl sites for hydroxylation is 2. The molecule has 3 aliphatic rings. The third kappa shape index (κ3) is 2.19. The van der Waals surface area contributed by atoms with Crippen molar-refractivity contribution in [2.45, 2.75) is 26.2 Å². The van der Waals surface area contributed by atoms with Crippen molar-refractivity contribution in [1.82, 2.24) is 4.98 Å². The number of allylic oxidation sites excluding steroid dienone is 4. The highest BCUT2D eigenvalue weighted by atomic mass is 14.7. The fraction of sp³-hybridized carbons (Fsp3) is 0.200. The summed E-state index contributed by atoms with van der Waals surface area (Å²) in [4.78, 5) is 3.56. The van der Waals surface area contributed by atoms with Gasteiger partial charge in [0, 0.05) is 16.6 Å². The third-order valence-electron chi connectivity index (χ3n) is 4.55. The second-order valence-electron chi connectivity index (χ2n) is 5.94. The third-order valence-corrected chi connectivity index (χ3v) is 4.55. The molecule has 0 saturated carbocycles. The quantitative estimate of drug-likeness (QED) is 0.657. The standard InChI is InChI=1S/C20H19N/c1-14-9-12-20-18(13-16-7-4-8-19(16)21-20)17(14)11-10-15-5-2-3-6-15/h2-5,7-9,12-13,21H,6,10-11H2,1H3. The lowest BCUT2D eigenvalue weighted by Gasteiger charge is -2.13. The fourth-order valence-corrected chi connectivity index (χ4v) is 3.32. The van der Waals surface area contributed by atoms with Crippen LogP contribution < -0.4 is 0 Å². The Morgan fingerprint density at radius 3 is 2.90 bits per heavy atom. The van der Waals surface area contributed by atoms with E-state index >= 15 is 0 Å². The lowest BCUT2D eigenvalue weighted by molar-refractivity contribution is 0.918. The van der Waals surface area contributed by atoms with E-state index in [0.29, 0.717) is 0 Å². The van der Waals surface area contributed by atoms with E-state index in [1.165, 1.54) is 33.3 Å². The SMILES string of the molecule is Cc1ccc2[nH]c3cccc-3cc2c1CCC1=CC=CC1. The zero-order valence-corrected chi connectivity index (χ0v) is 12.3. The molecule has 0 fully saturated rings. The highest BCUT2D eigenvalue weighted by molar-refractivity contribution is 5.89. The van der Waals surface area contributed by atoms with E-state index in [-0.39, 0.29) is 0 Å². The molecule has 0 saturated heterocycles. The molecule has 1 aromatic carbocycles. The van der Waals surface area contributed by atoms with Gasteiger partial charge in [-0.2, -0.15) is 0 Å². The number of fused-ring (bicyclic) bond motifs is 2. The molecule has 1 heteroatoms. The number of aromatic nitrogens is 1. The van der Waals surface area contributed by atoms with Gasteiger partial charge in [0.1, 0.15) is 0 Å². The van der Waals surface area contributed by atoms with Crippen LogP contribution in [0.5, 0.6) is 0 Å². The van der Waals surface area contributed by atoms with Gasteiger partial charge in [-0.3, -0.25) is 0 Å². The molecule has 1 aromatic rings. The summed E-state index contributed by atoms with van der Waals surface area (Å²) >= 11 is 0. The minimum atomic E-state index is 1.12. The molecule has 1 heterocycles. The minimum absolute atomic E-state index is 1.12. The van der Waals surface area contributed by atoms with Gasteiger partial charge in [0.2, 0.25) is 0 Å². The van der Waals surface area contributed by atoms with E-state index in [4.69, 9.17) is 0 Å². The first-order chi connectivity index (χ1) is 10.3. The lowest BCUT2D eigenvalue weighted by atomic mass is 9.95. The average molecular weight is 273 g/mol. The Morgan fingerprint density at radius 2 is 2.05 bits per heavy atom. The molecule has 104 valence electrons. The highest BCUT2D eigenvalue weighted by Crippen LogP contribution is 2.30. The van der Waals surface area contributed by atoms with E-state index in [1.807, 2.05) is 0 Å². The molecule has 2 aliphatic carbocycles. The van der Waals surface area contributed by atoms with E-state index < -0.39 is 0 Å². The molecule has 1 N–H and O–H groups in total. The van der Waals surface area contributed by atoms with Crippen LogP contribution in [-0.4, -0.2) is 4.98 Å². The molecule has 4 rings (SSSR count). The Morgan fingerprint density at radius 1 is 1.10 bits per heavy atom. The van der Waals surface area contributed by atoms with Crippen LogP contribution in [0.15, 0.2) is 60.2 Å². The summed E-state index contributed by atoms with van der Waals surface area (Å²) in [7, 11) is 0. The maximum Gasteiger partial charge on any atom is 0.0461 e. The second kappa shape index (κ2) is 4.92. The number of rotatable bonds is 3. The van der Waals surface area contributed by atoms with E-state index in [2.05, 4.69) is 66.5 Å². The molecule has 21 heavy (non-hydrogen) atoms. The van der Waals surface area contributed by atoms with Gasteiger partial charge in [0.15, 0.2) is 0 Å². The molecule has 0 atom stereocenters. The van der Waals surface area contributed by atoms with Gasteiger partial charge >= 0.3 is 0 Å². The van der Waals surface area contributed by atoms with Crippen LogP contribution in [-0.2, 0) is 6.42 Å². The van der Waals surface area contributed by atoms with Gasteiger partial charge in [-0.15, -0.1) is 0 Å². The molecule has 0 radical (unpaired) electrons. The summed E-state index contributed by atoms with van der Waals surface area (Å²) in [6, 6.07) is 13.2. The van der Waals surface area contributed by atoms with Crippen molar-refractivity contribution < 1.29 is 0 Å². The van der Waals surface area contributed by atoms with E-state index in [0.717, 1.165) is 19.3 Å². The molecule has 0 aromatic heterocycles. The van der Waals surface area contributed by atoms with Gasteiger partial charge in [-0.1, -0.05) is 42.0 Å². The molecule has 0 unspecified atom stereocenters. The Hall–Kier alpha value is -2.28. The second-order valence-corrected chi connectivity index (χ2v) is 5.94. The van der Waals surface area contributed by atoms with Crippen molar-refractivity contribution in [1.29, 1.82) is 0 Å². The van der Waals surface area contributed by atoms with Crippen LogP contribution in [0.2, 0.25) is 0 Å². The maximum atomic E-state index is 3.56. The van der Waals surface area contributed by atoms with Crippen LogP contribution >= 0.6 is 0 Å². The normalized spacial score (nSPS) is 14.2. The molecule has 0 bridgehead atoms. The fourth-order valence-electron chi connectivity index (χ4n) is 3.32. The van der Waals surface area contributed by atoms with Crippen LogP contribution in [0.3, 0.4) is 0 Å². The van der Waals surface area contributed by atoms with Gasteiger partial charge in [0.05, 0.1) is 0 Å². The number of H-pyrrole nitrogens is 1. The molecular formula is C20H19N. The van der Waals surface area contributed by atoms with Crippen molar-refractivity contribution in [3.8, 4) is 11.3 Å². The Balaban J connectivity index is 1.78. The predicted molar refractivity (Wildman–Crippen MR) is 89.8 cm³/mol. The molecule has 0 spiro atoms. The van der Waals surface area contributed by atoms with E-state index in [1.54, 1.807) is 5.57 Å². The summed E-state index contributed by atoms with van der Waals surface area (Å²) in [6.45, 7) is 2.23. The Kier molecular flexibility index (Phi) is 2.92. The Bertz CT molecular complexity index is 832. The number of aromatic amines is 1. The lowest BCUT2D eigenvalue weighted by Crippen LogP contribution is -1.96. The number of hydrogen-bond donors (Lipinski definition) is 1. The van der Waals surface area contributed by atoms with Gasteiger partial charge in [-0.05, 0) is 61.1 Å². The molecule has 1 nitrogen and oxygen atoms in total. The van der Waals surface area contributed by atoms with Gasteiger partial charge in [0.25, 0.3) is 0 Å². The minimum Gasteiger partial charge on any atom is -0.355 e. The predicted octanol–water partition coefficient (Wildman–Crippen LogP) is 5.40. The van der Waals surface area contributed by atoms with Crippen LogP contribution in [0.1, 0.15) is 24.0 Å². The smallest absolute Gasteiger partial charge is 0.0461 e. The first kappa shape index (κ1) is 12.5. The van der Waals surface area contributed by atoms with Gasteiger partial charge < -0.3 is 4.98 Å². The van der Waals surface area contributed by atoms with Crippen molar-refractivity contribution in [2.75, 3.05) is 0 Å². The number of nitrogens with one attached hydrogen (secondary N) is 1. The number of hydrogen-bond acceptors (Lipinski definition) is 0. The summed E-state index contributed by atoms with van der Waals surface area (Å²) in [5, 5.41) is 1.38. The number of pyridine rings is 1. The van der Waals surface area contributed by atoms with Gasteiger partial charge in [-0.25, -0.2) is 0 Å². The van der Waals surface area contributed by atoms with Crippen molar-refractivity contribution in [3.63, 3.8) is 0 Å². The maximum absolute atomic E-state index is 3.56. The molecular weight excluding hydrogens is 254 g/mol. The molecule has 0 amide bonds. The monoisotopic (exact) mass is 273 g/mol. The van der Waals surface area contributed by atoms with Crippen molar-refractivity contribution in [3.05, 3.63) is 71.3 Å². The topological polar surface area (TPSA) is 15.8 Å². The average Bonchev–Trinajstić information content (AvgIpc) is 3.15. The summed E-state index contributed by atoms with van der Waals surface area (Å²) in [6.07, 6.45) is 10.1. The summed E-state index contributed by atoms with van der Waals surface area (Å²) in [5.74, 6) is 0. The highest BCUT2D eigenvalue weighted by Gasteiger charge is 2.10. The van der Waals surface area contributed by atoms with Crippen LogP contribution in [0.25, 0.3) is 22.2 Å². The number of benzene rings is 1. The zero-order chi connectivity index (χ0) is 14.2. The molecule has 1 aliphatic heterocycles. The van der Waals surface area contributed by atoms with Crippen molar-refractivity contribution >= 4 is 10.9 Å². The Labute approximate surface area is 125 Å². The first-order valence-electron chi connectivity index (χ1n) is 7.66. The van der Waals surface area contributed by atoms with E-state index in [9.17, 15) is 0 Å². The summed E-state index contributed by atoms with van der Waals surface area (Å²) < 4.78 is 0. The largest absolute Gasteiger partial charge is 0.355 e. The zero-order valence-electron chi connectivity index (χ0n) is 12.3. The van der Waals surface area contributed by atoms with Crippen LogP contribution in [0, 0.1) is 6.92 Å². The summed E-state index contributed by atoms with van der Waals surface area (Å²) in [5.41, 5.74) is 8.20. The first-order valence-corrected chi connectivity index (χ1v) is 7.66.